The number of aryl methyl sites for hydroxylation is 1. The number of nitrogens with zero attached hydrogens (tertiary/aromatic N) is 2. The Bertz CT molecular complexity index is 716. The van der Waals surface area contributed by atoms with E-state index in [4.69, 9.17) is 5.11 Å². The first kappa shape index (κ1) is 14.3. The van der Waals surface area contributed by atoms with E-state index in [1.165, 1.54) is 0 Å². The van der Waals surface area contributed by atoms with Crippen LogP contribution in [0.1, 0.15) is 16.1 Å². The Morgan fingerprint density at radius 3 is 2.85 bits per heavy atom. The van der Waals surface area contributed by atoms with Crippen molar-refractivity contribution in [1.82, 2.24) is 19.5 Å². The van der Waals surface area contributed by atoms with Gasteiger partial charge in [-0.3, -0.25) is 4.68 Å². The summed E-state index contributed by atoms with van der Waals surface area (Å²) in [6.07, 6.45) is 4.62. The molecular weight excluding hydrogens is 284 g/mol. The van der Waals surface area contributed by atoms with Gasteiger partial charge in [0, 0.05) is 18.9 Å². The maximum absolute atomic E-state index is 11.9. The Morgan fingerprint density at radius 1 is 1.55 bits per heavy atom. The first-order valence-corrected chi connectivity index (χ1v) is 7.27. The van der Waals surface area contributed by atoms with Crippen LogP contribution in [0.15, 0.2) is 29.6 Å². The standard InChI is InChI=1S/C11H14N4O4S/c1-8-5-13-15(7-8)3-2-14-20(18,19)9-4-10(11(16)17)12-6-9/h4-7,12,14H,2-3H2,1H3,(H,16,17). The molecule has 0 aliphatic rings. The number of aromatic nitrogens is 3. The van der Waals surface area contributed by atoms with Gasteiger partial charge >= 0.3 is 5.97 Å². The number of rotatable bonds is 6. The third-order valence-corrected chi connectivity index (χ3v) is 4.03. The molecule has 0 spiro atoms. The van der Waals surface area contributed by atoms with Gasteiger partial charge in [0.05, 0.1) is 12.7 Å². The van der Waals surface area contributed by atoms with Crippen molar-refractivity contribution in [2.75, 3.05) is 6.54 Å². The van der Waals surface area contributed by atoms with Crippen molar-refractivity contribution in [1.29, 1.82) is 0 Å². The summed E-state index contributed by atoms with van der Waals surface area (Å²) in [6.45, 7) is 2.45. The molecule has 0 atom stereocenters. The first-order valence-electron chi connectivity index (χ1n) is 5.79. The minimum absolute atomic E-state index is 0.105. The predicted molar refractivity (Wildman–Crippen MR) is 69.9 cm³/mol. The third-order valence-electron chi connectivity index (χ3n) is 2.59. The fourth-order valence-electron chi connectivity index (χ4n) is 1.62. The van der Waals surface area contributed by atoms with Gasteiger partial charge in [-0.25, -0.2) is 17.9 Å². The number of aromatic amines is 1. The molecule has 0 amide bonds. The second-order valence-corrected chi connectivity index (χ2v) is 6.00. The highest BCUT2D eigenvalue weighted by atomic mass is 32.2. The van der Waals surface area contributed by atoms with Crippen LogP contribution in [-0.2, 0) is 16.6 Å². The van der Waals surface area contributed by atoms with E-state index in [1.807, 2.05) is 6.92 Å². The molecule has 0 aliphatic carbocycles. The average molecular weight is 298 g/mol. The van der Waals surface area contributed by atoms with Gasteiger partial charge in [-0.05, 0) is 18.6 Å². The van der Waals surface area contributed by atoms with Crippen LogP contribution in [0.25, 0.3) is 0 Å². The van der Waals surface area contributed by atoms with Gasteiger partial charge in [-0.15, -0.1) is 0 Å². The van der Waals surface area contributed by atoms with Crippen LogP contribution in [-0.4, -0.2) is 40.8 Å². The summed E-state index contributed by atoms with van der Waals surface area (Å²) in [7, 11) is -3.72. The number of nitrogens with one attached hydrogen (secondary N) is 2. The van der Waals surface area contributed by atoms with E-state index in [9.17, 15) is 13.2 Å². The van der Waals surface area contributed by atoms with Crippen LogP contribution < -0.4 is 4.72 Å². The molecule has 0 bridgehead atoms. The maximum Gasteiger partial charge on any atom is 0.352 e. The van der Waals surface area contributed by atoms with Gasteiger partial charge < -0.3 is 10.1 Å². The lowest BCUT2D eigenvalue weighted by Gasteiger charge is -2.04. The average Bonchev–Trinajstić information content (AvgIpc) is 2.98. The van der Waals surface area contributed by atoms with Gasteiger partial charge in [-0.1, -0.05) is 0 Å². The van der Waals surface area contributed by atoms with Gasteiger partial charge in [0.1, 0.15) is 10.6 Å². The molecule has 108 valence electrons. The van der Waals surface area contributed by atoms with Crippen LogP contribution in [0.3, 0.4) is 0 Å². The second kappa shape index (κ2) is 5.47. The van der Waals surface area contributed by atoms with Crippen molar-refractivity contribution in [3.63, 3.8) is 0 Å². The van der Waals surface area contributed by atoms with E-state index in [-0.39, 0.29) is 17.1 Å². The number of hydrogen-bond acceptors (Lipinski definition) is 4. The van der Waals surface area contributed by atoms with Gasteiger partial charge in [0.15, 0.2) is 0 Å². The summed E-state index contributed by atoms with van der Waals surface area (Å²) in [5.41, 5.74) is 0.817. The maximum atomic E-state index is 11.9. The molecule has 0 radical (unpaired) electrons. The van der Waals surface area contributed by atoms with E-state index < -0.39 is 16.0 Å². The van der Waals surface area contributed by atoms with Crippen molar-refractivity contribution in [3.05, 3.63) is 35.9 Å². The predicted octanol–water partition coefficient (Wildman–Crippen LogP) is 0.196. The highest BCUT2D eigenvalue weighted by Gasteiger charge is 2.17. The lowest BCUT2D eigenvalue weighted by Crippen LogP contribution is -2.27. The van der Waals surface area contributed by atoms with E-state index >= 15 is 0 Å². The van der Waals surface area contributed by atoms with Gasteiger partial charge in [0.25, 0.3) is 0 Å². The van der Waals surface area contributed by atoms with E-state index in [0.717, 1.165) is 17.8 Å². The SMILES string of the molecule is Cc1cnn(CCNS(=O)(=O)c2c[nH]c(C(=O)O)c2)c1. The zero-order chi connectivity index (χ0) is 14.8. The van der Waals surface area contributed by atoms with Crippen LogP contribution in [0.4, 0.5) is 0 Å². The van der Waals surface area contributed by atoms with Crippen molar-refractivity contribution in [3.8, 4) is 0 Å². The highest BCUT2D eigenvalue weighted by molar-refractivity contribution is 7.89. The summed E-state index contributed by atoms with van der Waals surface area (Å²) < 4.78 is 27.8. The Labute approximate surface area is 115 Å². The fourth-order valence-corrected chi connectivity index (χ4v) is 2.63. The molecule has 0 saturated carbocycles. The Hall–Kier alpha value is -2.13. The molecular formula is C11H14N4O4S. The lowest BCUT2D eigenvalue weighted by molar-refractivity contribution is 0.0691. The Kier molecular flexibility index (Phi) is 3.91. The van der Waals surface area contributed by atoms with Gasteiger partial charge in [0.2, 0.25) is 10.0 Å². The molecule has 2 rings (SSSR count). The molecule has 2 heterocycles. The number of sulfonamides is 1. The van der Waals surface area contributed by atoms with Crippen LogP contribution in [0.2, 0.25) is 0 Å². The molecule has 0 fully saturated rings. The zero-order valence-electron chi connectivity index (χ0n) is 10.7. The molecule has 20 heavy (non-hydrogen) atoms. The van der Waals surface area contributed by atoms with Crippen molar-refractivity contribution in [2.45, 2.75) is 18.4 Å². The molecule has 2 aromatic rings. The van der Waals surface area contributed by atoms with E-state index in [1.54, 1.807) is 17.1 Å². The fraction of sp³-hybridized carbons (Fsp3) is 0.273. The smallest absolute Gasteiger partial charge is 0.352 e. The monoisotopic (exact) mass is 298 g/mol. The largest absolute Gasteiger partial charge is 0.477 e. The summed E-state index contributed by atoms with van der Waals surface area (Å²) in [5.74, 6) is -1.21. The number of carbonyl (C=O) groups is 1. The minimum Gasteiger partial charge on any atom is -0.477 e. The molecule has 3 N–H and O–H groups in total. The van der Waals surface area contributed by atoms with Crippen molar-refractivity contribution < 1.29 is 18.3 Å². The van der Waals surface area contributed by atoms with E-state index in [2.05, 4.69) is 14.8 Å². The third kappa shape index (κ3) is 3.25. The summed E-state index contributed by atoms with van der Waals surface area (Å²) in [5, 5.41) is 12.8. The Morgan fingerprint density at radius 2 is 2.30 bits per heavy atom. The number of aromatic carboxylic acids is 1. The van der Waals surface area contributed by atoms with E-state index in [0.29, 0.717) is 6.54 Å². The lowest BCUT2D eigenvalue weighted by atomic mass is 10.4. The summed E-state index contributed by atoms with van der Waals surface area (Å²) in [4.78, 5) is 13.0. The molecule has 2 aromatic heterocycles. The van der Waals surface area contributed by atoms with Gasteiger partial charge in [-0.2, -0.15) is 5.10 Å². The Balaban J connectivity index is 1.98. The summed E-state index contributed by atoms with van der Waals surface area (Å²) in [6, 6.07) is 1.07. The second-order valence-electron chi connectivity index (χ2n) is 4.23. The van der Waals surface area contributed by atoms with Crippen LogP contribution in [0.5, 0.6) is 0 Å². The number of hydrogen-bond donors (Lipinski definition) is 3. The molecule has 0 aromatic carbocycles. The quantitative estimate of drug-likeness (QED) is 0.704. The molecule has 9 heteroatoms. The molecule has 0 unspecified atom stereocenters. The number of carboxylic acids is 1. The van der Waals surface area contributed by atoms with Crippen molar-refractivity contribution in [2.24, 2.45) is 0 Å². The minimum atomic E-state index is -3.72. The first-order chi connectivity index (χ1) is 9.38. The normalized spacial score (nSPS) is 11.7. The van der Waals surface area contributed by atoms with Crippen molar-refractivity contribution >= 4 is 16.0 Å². The molecule has 8 nitrogen and oxygen atoms in total. The summed E-state index contributed by atoms with van der Waals surface area (Å²) >= 11 is 0. The zero-order valence-corrected chi connectivity index (χ0v) is 11.5. The molecule has 0 saturated heterocycles. The topological polar surface area (TPSA) is 117 Å². The highest BCUT2D eigenvalue weighted by Crippen LogP contribution is 2.10. The number of H-pyrrole nitrogens is 1. The molecule has 0 aliphatic heterocycles. The van der Waals surface area contributed by atoms with Crippen LogP contribution in [0, 0.1) is 6.92 Å². The number of carboxylic acid groups (broad SMARTS) is 1. The van der Waals surface area contributed by atoms with Crippen LogP contribution >= 0.6 is 0 Å².